The second-order valence-corrected chi connectivity index (χ2v) is 15.6. The minimum atomic E-state index is 0.908. The highest BCUT2D eigenvalue weighted by Gasteiger charge is 2.20. The largest absolute Gasteiger partial charge is 0.455 e. The third kappa shape index (κ3) is 5.88. The third-order valence-corrected chi connectivity index (χ3v) is 12.2. The summed E-state index contributed by atoms with van der Waals surface area (Å²) in [5.41, 5.74) is 14.5. The van der Waals surface area contributed by atoms with Crippen molar-refractivity contribution in [2.45, 2.75) is 0 Å². The van der Waals surface area contributed by atoms with E-state index in [9.17, 15) is 0 Å². The van der Waals surface area contributed by atoms with Crippen molar-refractivity contribution in [1.82, 2.24) is 0 Å². The summed E-state index contributed by atoms with van der Waals surface area (Å²) in [5, 5.41) is 4.81. The predicted octanol–water partition coefficient (Wildman–Crippen LogP) is 16.1. The fraction of sp³-hybridized carbons (Fsp3) is 0. The molecule has 11 aromatic rings. The average molecular weight is 746 g/mol. The summed E-state index contributed by atoms with van der Waals surface area (Å²) in [4.78, 5) is 2.41. The van der Waals surface area contributed by atoms with Crippen LogP contribution in [0.3, 0.4) is 0 Å². The molecule has 268 valence electrons. The number of benzene rings is 9. The Morgan fingerprint density at radius 1 is 0.351 bits per heavy atom. The monoisotopic (exact) mass is 745 g/mol. The molecule has 0 saturated carbocycles. The van der Waals surface area contributed by atoms with Crippen molar-refractivity contribution in [1.29, 1.82) is 0 Å². The minimum absolute atomic E-state index is 0.908. The van der Waals surface area contributed by atoms with Gasteiger partial charge in [0.05, 0.1) is 5.69 Å². The number of fused-ring (bicyclic) bond motifs is 6. The number of para-hydroxylation sites is 2. The van der Waals surface area contributed by atoms with Crippen molar-refractivity contribution in [3.05, 3.63) is 212 Å². The van der Waals surface area contributed by atoms with E-state index >= 15 is 0 Å². The second-order valence-electron chi connectivity index (χ2n) is 14.5. The van der Waals surface area contributed by atoms with Crippen LogP contribution < -0.4 is 4.90 Å². The molecule has 57 heavy (non-hydrogen) atoms. The minimum Gasteiger partial charge on any atom is -0.455 e. The molecule has 0 spiro atoms. The number of thiophene rings is 1. The van der Waals surface area contributed by atoms with Crippen LogP contribution in [0.2, 0.25) is 0 Å². The first-order valence-electron chi connectivity index (χ1n) is 19.3. The van der Waals surface area contributed by atoms with E-state index in [0.29, 0.717) is 0 Å². The molecule has 2 heterocycles. The first-order chi connectivity index (χ1) is 28.2. The summed E-state index contributed by atoms with van der Waals surface area (Å²) in [7, 11) is 0. The summed E-state index contributed by atoms with van der Waals surface area (Å²) in [6.07, 6.45) is 0. The van der Waals surface area contributed by atoms with Crippen molar-refractivity contribution in [2.24, 2.45) is 0 Å². The lowest BCUT2D eigenvalue weighted by Crippen LogP contribution is -2.10. The molecule has 0 aliphatic carbocycles. The summed E-state index contributed by atoms with van der Waals surface area (Å²) >= 11 is 1.85. The Morgan fingerprint density at radius 3 is 1.53 bits per heavy atom. The highest BCUT2D eigenvalue weighted by atomic mass is 32.1. The maximum absolute atomic E-state index is 6.44. The van der Waals surface area contributed by atoms with Gasteiger partial charge in [-0.2, -0.15) is 0 Å². The molecule has 0 N–H and O–H groups in total. The fourth-order valence-corrected chi connectivity index (χ4v) is 9.45. The van der Waals surface area contributed by atoms with Crippen molar-refractivity contribution >= 4 is 70.5 Å². The van der Waals surface area contributed by atoms with Crippen LogP contribution in [0.4, 0.5) is 17.1 Å². The van der Waals surface area contributed by atoms with Crippen molar-refractivity contribution in [3.8, 4) is 44.5 Å². The van der Waals surface area contributed by atoms with Crippen molar-refractivity contribution in [2.75, 3.05) is 4.90 Å². The molecule has 11 rings (SSSR count). The van der Waals surface area contributed by atoms with Crippen LogP contribution in [0, 0.1) is 0 Å². The Bertz CT molecular complexity index is 3160. The van der Waals surface area contributed by atoms with E-state index < -0.39 is 0 Å². The SMILES string of the molecule is c1ccc(-c2cc(-c3ccccc3)cc(-c3ccc(N(c4ccc(-c5cccc6c5oc5ccccc56)cc4)c4cccc5sc6ccccc6c45)cc3)c2)cc1. The van der Waals surface area contributed by atoms with Crippen LogP contribution in [0.25, 0.3) is 86.6 Å². The van der Waals surface area contributed by atoms with Crippen LogP contribution in [0.5, 0.6) is 0 Å². The molecular formula is C54H35NOS. The lowest BCUT2D eigenvalue weighted by atomic mass is 9.93. The molecule has 9 aromatic carbocycles. The topological polar surface area (TPSA) is 16.4 Å². The molecular weight excluding hydrogens is 711 g/mol. The van der Waals surface area contributed by atoms with Gasteiger partial charge >= 0.3 is 0 Å². The van der Waals surface area contributed by atoms with Gasteiger partial charge in [-0.1, -0.05) is 146 Å². The second kappa shape index (κ2) is 13.8. The smallest absolute Gasteiger partial charge is 0.143 e. The fourth-order valence-electron chi connectivity index (χ4n) is 8.33. The van der Waals surface area contributed by atoms with Crippen molar-refractivity contribution in [3.63, 3.8) is 0 Å². The van der Waals surface area contributed by atoms with E-state index in [2.05, 4.69) is 205 Å². The zero-order chi connectivity index (χ0) is 37.7. The van der Waals surface area contributed by atoms with Gasteiger partial charge in [0.2, 0.25) is 0 Å². The van der Waals surface area contributed by atoms with Crippen LogP contribution in [-0.4, -0.2) is 0 Å². The summed E-state index contributed by atoms with van der Waals surface area (Å²) in [5.74, 6) is 0. The molecule has 0 bridgehead atoms. The molecule has 0 saturated heterocycles. The first-order valence-corrected chi connectivity index (χ1v) is 20.1. The molecule has 2 aromatic heterocycles. The number of anilines is 3. The van der Waals surface area contributed by atoms with Gasteiger partial charge in [-0.3, -0.25) is 0 Å². The Kier molecular flexibility index (Phi) is 8.04. The average Bonchev–Trinajstić information content (AvgIpc) is 3.87. The molecule has 0 radical (unpaired) electrons. The quantitative estimate of drug-likeness (QED) is 0.162. The zero-order valence-corrected chi connectivity index (χ0v) is 31.8. The maximum Gasteiger partial charge on any atom is 0.143 e. The number of nitrogens with zero attached hydrogens (tertiary/aromatic N) is 1. The Morgan fingerprint density at radius 2 is 0.860 bits per heavy atom. The maximum atomic E-state index is 6.44. The zero-order valence-electron chi connectivity index (χ0n) is 31.0. The van der Waals surface area contributed by atoms with E-state index in [4.69, 9.17) is 4.42 Å². The number of rotatable bonds is 7. The Labute approximate surface area is 335 Å². The highest BCUT2D eigenvalue weighted by Crippen LogP contribution is 2.46. The van der Waals surface area contributed by atoms with Gasteiger partial charge in [-0.25, -0.2) is 0 Å². The first kappa shape index (κ1) is 33.2. The lowest BCUT2D eigenvalue weighted by Gasteiger charge is -2.27. The van der Waals surface area contributed by atoms with Crippen LogP contribution in [0.1, 0.15) is 0 Å². The Hall–Kier alpha value is -7.20. The summed E-state index contributed by atoms with van der Waals surface area (Å²) < 4.78 is 9.00. The van der Waals surface area contributed by atoms with Crippen LogP contribution in [-0.2, 0) is 0 Å². The molecule has 0 amide bonds. The van der Waals surface area contributed by atoms with Gasteiger partial charge in [0, 0.05) is 47.9 Å². The van der Waals surface area contributed by atoms with E-state index in [1.807, 2.05) is 23.5 Å². The van der Waals surface area contributed by atoms with Gasteiger partial charge in [0.1, 0.15) is 11.2 Å². The molecule has 3 heteroatoms. The van der Waals surface area contributed by atoms with Crippen molar-refractivity contribution < 1.29 is 4.42 Å². The van der Waals surface area contributed by atoms with E-state index in [1.54, 1.807) is 0 Å². The van der Waals surface area contributed by atoms with E-state index in [0.717, 1.165) is 50.1 Å². The van der Waals surface area contributed by atoms with Crippen LogP contribution in [0.15, 0.2) is 217 Å². The molecule has 0 fully saturated rings. The molecule has 2 nitrogen and oxygen atoms in total. The lowest BCUT2D eigenvalue weighted by molar-refractivity contribution is 0.670. The van der Waals surface area contributed by atoms with Crippen LogP contribution >= 0.6 is 11.3 Å². The number of hydrogen-bond donors (Lipinski definition) is 0. The summed E-state index contributed by atoms with van der Waals surface area (Å²) in [6.45, 7) is 0. The number of hydrogen-bond acceptors (Lipinski definition) is 3. The normalized spacial score (nSPS) is 11.5. The highest BCUT2D eigenvalue weighted by molar-refractivity contribution is 7.26. The van der Waals surface area contributed by atoms with Gasteiger partial charge in [-0.15, -0.1) is 11.3 Å². The molecule has 0 atom stereocenters. The van der Waals surface area contributed by atoms with Gasteiger partial charge in [0.15, 0.2) is 0 Å². The molecule has 0 aliphatic heterocycles. The van der Waals surface area contributed by atoms with Gasteiger partial charge in [0.25, 0.3) is 0 Å². The van der Waals surface area contributed by atoms with E-state index in [1.165, 1.54) is 53.6 Å². The van der Waals surface area contributed by atoms with E-state index in [-0.39, 0.29) is 0 Å². The summed E-state index contributed by atoms with van der Waals surface area (Å²) in [6, 6.07) is 76.4. The van der Waals surface area contributed by atoms with Gasteiger partial charge < -0.3 is 9.32 Å². The third-order valence-electron chi connectivity index (χ3n) is 11.1. The standard InChI is InChI=1S/C54H35NOS/c1-3-13-36(14-4-1)40-33-41(37-15-5-2-6-16-37)35-42(34-40)38-25-29-43(30-26-38)55(49-21-12-24-52-53(49)48-18-8-10-23-51(48)57-52)44-31-27-39(28-32-44)45-19-11-20-47-46-17-7-9-22-50(46)56-54(45)47/h1-35H. The molecule has 0 unspecified atom stereocenters. The predicted molar refractivity (Wildman–Crippen MR) is 243 cm³/mol. The Balaban J connectivity index is 1.04. The molecule has 0 aliphatic rings. The number of furan rings is 1. The van der Waals surface area contributed by atoms with Gasteiger partial charge in [-0.05, 0) is 106 Å².